The van der Waals surface area contributed by atoms with Gasteiger partial charge in [-0.15, -0.1) is 0 Å². The van der Waals surface area contributed by atoms with Gasteiger partial charge in [-0.3, -0.25) is 4.79 Å². The molecule has 0 saturated heterocycles. The molecule has 0 saturated carbocycles. The van der Waals surface area contributed by atoms with Crippen molar-refractivity contribution in [2.45, 2.75) is 31.5 Å². The van der Waals surface area contributed by atoms with Crippen LogP contribution < -0.4 is 5.32 Å². The summed E-state index contributed by atoms with van der Waals surface area (Å²) < 4.78 is 0. The van der Waals surface area contributed by atoms with E-state index in [9.17, 15) is 4.79 Å². The van der Waals surface area contributed by atoms with Gasteiger partial charge in [-0.1, -0.05) is 40.9 Å². The zero-order chi connectivity index (χ0) is 12.8. The van der Waals surface area contributed by atoms with Gasteiger partial charge in [0, 0.05) is 22.0 Å². The fourth-order valence-electron chi connectivity index (χ4n) is 1.59. The maximum Gasteiger partial charge on any atom is 0.251 e. The van der Waals surface area contributed by atoms with Gasteiger partial charge in [0.2, 0.25) is 0 Å². The number of rotatable bonds is 5. The van der Waals surface area contributed by atoms with Gasteiger partial charge >= 0.3 is 0 Å². The number of benzene rings is 1. The van der Waals surface area contributed by atoms with Gasteiger partial charge in [-0.05, 0) is 37.1 Å². The van der Waals surface area contributed by atoms with Crippen molar-refractivity contribution in [3.63, 3.8) is 0 Å². The van der Waals surface area contributed by atoms with Crippen molar-refractivity contribution in [1.82, 2.24) is 5.32 Å². The molecular weight excluding hydrogens is 302 g/mol. The Kier molecular flexibility index (Phi) is 6.00. The summed E-state index contributed by atoms with van der Waals surface area (Å²) in [6.07, 6.45) is 2.15. The van der Waals surface area contributed by atoms with Crippen molar-refractivity contribution in [3.05, 3.63) is 34.3 Å². The van der Waals surface area contributed by atoms with Crippen molar-refractivity contribution < 1.29 is 4.79 Å². The Labute approximate surface area is 116 Å². The van der Waals surface area contributed by atoms with E-state index in [2.05, 4.69) is 28.2 Å². The molecule has 1 aromatic rings. The first-order chi connectivity index (χ1) is 8.02. The zero-order valence-corrected chi connectivity index (χ0v) is 12.4. The molecular formula is C13H17BrClNO. The zero-order valence-electron chi connectivity index (χ0n) is 10.1. The van der Waals surface area contributed by atoms with Crippen LogP contribution in [0.5, 0.6) is 0 Å². The van der Waals surface area contributed by atoms with Crippen molar-refractivity contribution in [1.29, 1.82) is 0 Å². The Hall–Kier alpha value is -0.540. The van der Waals surface area contributed by atoms with Crippen LogP contribution in [0.2, 0.25) is 5.02 Å². The third-order valence-electron chi connectivity index (χ3n) is 2.39. The van der Waals surface area contributed by atoms with Crippen molar-refractivity contribution in [3.8, 4) is 0 Å². The summed E-state index contributed by atoms with van der Waals surface area (Å²) in [6.45, 7) is 4.68. The lowest BCUT2D eigenvalue weighted by molar-refractivity contribution is 0.0953. The smallest absolute Gasteiger partial charge is 0.251 e. The van der Waals surface area contributed by atoms with Gasteiger partial charge < -0.3 is 5.32 Å². The van der Waals surface area contributed by atoms with E-state index in [1.54, 1.807) is 6.07 Å². The molecule has 4 heteroatoms. The van der Waals surface area contributed by atoms with E-state index in [0.717, 1.165) is 18.4 Å². The molecule has 0 spiro atoms. The first-order valence-corrected chi connectivity index (χ1v) is 7.01. The lowest BCUT2D eigenvalue weighted by Crippen LogP contribution is -2.29. The highest BCUT2D eigenvalue weighted by Gasteiger charge is 2.09. The fraction of sp³-hybridized carbons (Fsp3) is 0.462. The molecule has 0 heterocycles. The average molecular weight is 319 g/mol. The molecule has 0 aliphatic heterocycles. The predicted molar refractivity (Wildman–Crippen MR) is 76.1 cm³/mol. The largest absolute Gasteiger partial charge is 0.351 e. The summed E-state index contributed by atoms with van der Waals surface area (Å²) in [4.78, 5) is 12.2. The Bertz CT molecular complexity index is 375. The number of hydrogen-bond acceptors (Lipinski definition) is 1. The molecule has 1 rings (SSSR count). The topological polar surface area (TPSA) is 29.1 Å². The van der Waals surface area contributed by atoms with Crippen LogP contribution in [0, 0.1) is 6.92 Å². The van der Waals surface area contributed by atoms with E-state index in [1.165, 1.54) is 0 Å². The van der Waals surface area contributed by atoms with Crippen LogP contribution in [-0.2, 0) is 0 Å². The number of amides is 1. The van der Waals surface area contributed by atoms with Gasteiger partial charge in [0.15, 0.2) is 0 Å². The van der Waals surface area contributed by atoms with E-state index >= 15 is 0 Å². The number of nitrogens with one attached hydrogen (secondary N) is 1. The molecule has 1 aromatic carbocycles. The van der Waals surface area contributed by atoms with Crippen molar-refractivity contribution >= 4 is 33.4 Å². The lowest BCUT2D eigenvalue weighted by atomic mass is 10.1. The number of hydrogen-bond donors (Lipinski definition) is 1. The van der Waals surface area contributed by atoms with Crippen molar-refractivity contribution in [2.24, 2.45) is 0 Å². The molecule has 1 amide bonds. The first-order valence-electron chi connectivity index (χ1n) is 5.72. The summed E-state index contributed by atoms with van der Waals surface area (Å²) in [7, 11) is 0. The average Bonchev–Trinajstić information content (AvgIpc) is 2.25. The second-order valence-electron chi connectivity index (χ2n) is 4.11. The number of carbonyl (C=O) groups excluding carboxylic acids is 1. The second kappa shape index (κ2) is 7.02. The van der Waals surface area contributed by atoms with E-state index in [0.29, 0.717) is 22.0 Å². The van der Waals surface area contributed by atoms with Crippen LogP contribution in [0.25, 0.3) is 0 Å². The SMILES string of the molecule is CCCC(Br)CNC(=O)c1cc(C)cc(Cl)c1. The van der Waals surface area contributed by atoms with Crippen molar-refractivity contribution in [2.75, 3.05) is 6.54 Å². The standard InChI is InChI=1S/C13H17BrClNO/c1-3-4-11(14)8-16-13(17)10-5-9(2)6-12(15)7-10/h5-7,11H,3-4,8H2,1-2H3,(H,16,17). The van der Waals surface area contributed by atoms with Gasteiger partial charge in [0.1, 0.15) is 0 Å². The fourth-order valence-corrected chi connectivity index (χ4v) is 2.50. The number of aryl methyl sites for hydroxylation is 1. The summed E-state index contributed by atoms with van der Waals surface area (Å²) >= 11 is 9.44. The Morgan fingerprint density at radius 2 is 2.18 bits per heavy atom. The van der Waals surface area contributed by atoms with Crippen LogP contribution in [0.1, 0.15) is 35.7 Å². The Balaban J connectivity index is 2.58. The quantitative estimate of drug-likeness (QED) is 0.819. The number of halogens is 2. The van der Waals surface area contributed by atoms with Gasteiger partial charge in [0.05, 0.1) is 0 Å². The molecule has 17 heavy (non-hydrogen) atoms. The minimum atomic E-state index is -0.0730. The Morgan fingerprint density at radius 3 is 2.76 bits per heavy atom. The predicted octanol–water partition coefficient (Wildman–Crippen LogP) is 3.94. The van der Waals surface area contributed by atoms with E-state index in [1.807, 2.05) is 19.1 Å². The van der Waals surface area contributed by atoms with Crippen LogP contribution in [-0.4, -0.2) is 17.3 Å². The normalized spacial score (nSPS) is 12.2. The van der Waals surface area contributed by atoms with E-state index < -0.39 is 0 Å². The molecule has 0 radical (unpaired) electrons. The lowest BCUT2D eigenvalue weighted by Gasteiger charge is -2.10. The highest BCUT2D eigenvalue weighted by Crippen LogP contribution is 2.14. The summed E-state index contributed by atoms with van der Waals surface area (Å²) in [5.41, 5.74) is 1.61. The van der Waals surface area contributed by atoms with Gasteiger partial charge in [0.25, 0.3) is 5.91 Å². The molecule has 0 aliphatic rings. The third kappa shape index (κ3) is 5.09. The first kappa shape index (κ1) is 14.5. The molecule has 0 aromatic heterocycles. The van der Waals surface area contributed by atoms with Crippen LogP contribution in [0.4, 0.5) is 0 Å². The molecule has 0 aliphatic carbocycles. The monoisotopic (exact) mass is 317 g/mol. The van der Waals surface area contributed by atoms with E-state index in [-0.39, 0.29) is 5.91 Å². The number of alkyl halides is 1. The van der Waals surface area contributed by atoms with Crippen LogP contribution in [0.3, 0.4) is 0 Å². The minimum absolute atomic E-state index is 0.0730. The third-order valence-corrected chi connectivity index (χ3v) is 3.39. The molecule has 0 fully saturated rings. The van der Waals surface area contributed by atoms with E-state index in [4.69, 9.17) is 11.6 Å². The second-order valence-corrected chi connectivity index (χ2v) is 5.84. The maximum absolute atomic E-state index is 11.9. The molecule has 2 nitrogen and oxygen atoms in total. The summed E-state index contributed by atoms with van der Waals surface area (Å²) in [5.74, 6) is -0.0730. The van der Waals surface area contributed by atoms with Gasteiger partial charge in [-0.2, -0.15) is 0 Å². The molecule has 0 bridgehead atoms. The Morgan fingerprint density at radius 1 is 1.47 bits per heavy atom. The maximum atomic E-state index is 11.9. The molecule has 94 valence electrons. The highest BCUT2D eigenvalue weighted by molar-refractivity contribution is 9.09. The molecule has 1 N–H and O–H groups in total. The minimum Gasteiger partial charge on any atom is -0.351 e. The molecule has 1 unspecified atom stereocenters. The highest BCUT2D eigenvalue weighted by atomic mass is 79.9. The van der Waals surface area contributed by atoms with Crippen LogP contribution >= 0.6 is 27.5 Å². The van der Waals surface area contributed by atoms with Gasteiger partial charge in [-0.25, -0.2) is 0 Å². The summed E-state index contributed by atoms with van der Waals surface area (Å²) in [5, 5.41) is 3.49. The van der Waals surface area contributed by atoms with Crippen LogP contribution in [0.15, 0.2) is 18.2 Å². The number of carbonyl (C=O) groups is 1. The molecule has 1 atom stereocenters. The summed E-state index contributed by atoms with van der Waals surface area (Å²) in [6, 6.07) is 5.36.